The van der Waals surface area contributed by atoms with Crippen LogP contribution in [0.15, 0.2) is 60.9 Å². The highest BCUT2D eigenvalue weighted by Gasteiger charge is 2.24. The second kappa shape index (κ2) is 7.64. The Kier molecular flexibility index (Phi) is 4.89. The van der Waals surface area contributed by atoms with E-state index in [-0.39, 0.29) is 17.9 Å². The van der Waals surface area contributed by atoms with Crippen molar-refractivity contribution in [2.45, 2.75) is 26.3 Å². The van der Waals surface area contributed by atoms with Gasteiger partial charge in [0.25, 0.3) is 5.91 Å². The van der Waals surface area contributed by atoms with Crippen molar-refractivity contribution in [3.63, 3.8) is 0 Å². The summed E-state index contributed by atoms with van der Waals surface area (Å²) >= 11 is 0. The average molecular weight is 374 g/mol. The van der Waals surface area contributed by atoms with Crippen molar-refractivity contribution in [2.24, 2.45) is 5.92 Å². The van der Waals surface area contributed by atoms with Crippen LogP contribution in [0.3, 0.4) is 0 Å². The maximum absolute atomic E-state index is 12.9. The van der Waals surface area contributed by atoms with E-state index in [1.807, 2.05) is 36.4 Å². The molecule has 0 saturated heterocycles. The fourth-order valence-corrected chi connectivity index (χ4v) is 3.17. The van der Waals surface area contributed by atoms with Crippen LogP contribution in [0.2, 0.25) is 0 Å². The summed E-state index contributed by atoms with van der Waals surface area (Å²) in [6.45, 7) is 4.23. The smallest absolute Gasteiger partial charge is 0.251 e. The minimum atomic E-state index is -0.195. The maximum Gasteiger partial charge on any atom is 0.251 e. The van der Waals surface area contributed by atoms with Gasteiger partial charge in [0.2, 0.25) is 0 Å². The molecule has 7 heteroatoms. The Hall–Kier alpha value is -3.48. The van der Waals surface area contributed by atoms with E-state index in [4.69, 9.17) is 0 Å². The number of aromatic amines is 1. The molecule has 0 fully saturated rings. The summed E-state index contributed by atoms with van der Waals surface area (Å²) < 4.78 is 1.65. The van der Waals surface area contributed by atoms with Crippen LogP contribution in [-0.4, -0.2) is 30.9 Å². The van der Waals surface area contributed by atoms with Gasteiger partial charge in [-0.3, -0.25) is 4.79 Å². The van der Waals surface area contributed by atoms with E-state index < -0.39 is 0 Å². The molecule has 0 aliphatic carbocycles. The Bertz CT molecular complexity index is 1030. The van der Waals surface area contributed by atoms with Gasteiger partial charge in [0, 0.05) is 5.56 Å². The average Bonchev–Trinajstić information content (AvgIpc) is 3.41. The molecular formula is C21H22N6O. The van der Waals surface area contributed by atoms with Crippen LogP contribution < -0.4 is 5.32 Å². The number of nitrogens with zero attached hydrogens (tertiary/aromatic N) is 4. The summed E-state index contributed by atoms with van der Waals surface area (Å²) in [4.78, 5) is 20.9. The fourth-order valence-electron chi connectivity index (χ4n) is 3.17. The molecule has 0 bridgehead atoms. The van der Waals surface area contributed by atoms with E-state index in [1.165, 1.54) is 0 Å². The van der Waals surface area contributed by atoms with E-state index in [2.05, 4.69) is 39.4 Å². The van der Waals surface area contributed by atoms with Crippen molar-refractivity contribution in [3.05, 3.63) is 72.3 Å². The first-order valence-electron chi connectivity index (χ1n) is 9.38. The first-order chi connectivity index (χ1) is 13.7. The van der Waals surface area contributed by atoms with Gasteiger partial charge in [-0.25, -0.2) is 9.67 Å². The van der Waals surface area contributed by atoms with Gasteiger partial charge >= 0.3 is 0 Å². The number of hydrogen-bond acceptors (Lipinski definition) is 4. The molecule has 2 heterocycles. The van der Waals surface area contributed by atoms with Crippen molar-refractivity contribution >= 4 is 16.9 Å². The van der Waals surface area contributed by atoms with Crippen LogP contribution in [0.25, 0.3) is 16.7 Å². The molecule has 0 unspecified atom stereocenters. The van der Waals surface area contributed by atoms with Gasteiger partial charge in [0.05, 0.1) is 35.2 Å². The number of amides is 1. The summed E-state index contributed by atoms with van der Waals surface area (Å²) in [5, 5.41) is 10.9. The molecule has 4 aromatic rings. The second-order valence-corrected chi connectivity index (χ2v) is 6.87. The van der Waals surface area contributed by atoms with E-state index in [0.717, 1.165) is 29.0 Å². The van der Waals surface area contributed by atoms with Crippen molar-refractivity contribution in [2.75, 3.05) is 0 Å². The molecule has 2 N–H and O–H groups in total. The third-order valence-electron chi connectivity index (χ3n) is 5.02. The molecule has 1 amide bonds. The molecule has 2 aromatic carbocycles. The highest BCUT2D eigenvalue weighted by Crippen LogP contribution is 2.25. The Labute approximate surface area is 162 Å². The lowest BCUT2D eigenvalue weighted by atomic mass is 9.98. The summed E-state index contributed by atoms with van der Waals surface area (Å²) in [6.07, 6.45) is 4.30. The van der Waals surface area contributed by atoms with Gasteiger partial charge in [0.15, 0.2) is 0 Å². The molecule has 142 valence electrons. The summed E-state index contributed by atoms with van der Waals surface area (Å²) in [7, 11) is 0. The lowest BCUT2D eigenvalue weighted by Crippen LogP contribution is -2.33. The number of carbonyl (C=O) groups is 1. The summed E-state index contributed by atoms with van der Waals surface area (Å²) in [5.41, 5.74) is 3.31. The van der Waals surface area contributed by atoms with Crippen LogP contribution in [0.5, 0.6) is 0 Å². The fraction of sp³-hybridized carbons (Fsp3) is 0.238. The molecule has 4 rings (SSSR count). The summed E-state index contributed by atoms with van der Waals surface area (Å²) in [6, 6.07) is 15.0. The molecule has 28 heavy (non-hydrogen) atoms. The Balaban J connectivity index is 1.57. The van der Waals surface area contributed by atoms with Gasteiger partial charge in [0.1, 0.15) is 5.82 Å². The van der Waals surface area contributed by atoms with Gasteiger partial charge in [-0.2, -0.15) is 0 Å². The standard InChI is InChI=1S/C21H22N6O/c1-3-14(2)19(20-23-17-6-4-5-7-18(17)24-20)25-21(28)15-8-10-16(11-9-15)27-13-12-22-26-27/h4-14,19H,3H2,1-2H3,(H,23,24)(H,25,28)/t14-,19+/m1/s1. The van der Waals surface area contributed by atoms with Crippen molar-refractivity contribution < 1.29 is 4.79 Å². The van der Waals surface area contributed by atoms with Crippen molar-refractivity contribution in [3.8, 4) is 5.69 Å². The quantitative estimate of drug-likeness (QED) is 0.539. The minimum absolute atomic E-state index is 0.129. The van der Waals surface area contributed by atoms with Crippen LogP contribution in [0.4, 0.5) is 0 Å². The normalized spacial score (nSPS) is 13.4. The predicted octanol–water partition coefficient (Wildman–Crippen LogP) is 3.66. The number of imidazole rings is 1. The molecule has 0 spiro atoms. The molecule has 2 aromatic heterocycles. The Morgan fingerprint density at radius 3 is 2.64 bits per heavy atom. The number of carbonyl (C=O) groups excluding carboxylic acids is 1. The first-order valence-corrected chi connectivity index (χ1v) is 9.38. The third kappa shape index (κ3) is 3.51. The predicted molar refractivity (Wildman–Crippen MR) is 107 cm³/mol. The van der Waals surface area contributed by atoms with Gasteiger partial charge in [-0.15, -0.1) is 5.10 Å². The van der Waals surface area contributed by atoms with E-state index >= 15 is 0 Å². The molecule has 0 radical (unpaired) electrons. The van der Waals surface area contributed by atoms with E-state index in [1.54, 1.807) is 29.2 Å². The number of aromatic nitrogens is 5. The number of nitrogens with one attached hydrogen (secondary N) is 2. The first kappa shape index (κ1) is 17.9. The zero-order chi connectivity index (χ0) is 19.5. The van der Waals surface area contributed by atoms with Gasteiger partial charge in [-0.1, -0.05) is 37.6 Å². The van der Waals surface area contributed by atoms with Crippen LogP contribution in [0.1, 0.15) is 42.5 Å². The summed E-state index contributed by atoms with van der Waals surface area (Å²) in [5.74, 6) is 0.887. The topological polar surface area (TPSA) is 88.5 Å². The van der Waals surface area contributed by atoms with Crippen LogP contribution in [0, 0.1) is 5.92 Å². The second-order valence-electron chi connectivity index (χ2n) is 6.87. The zero-order valence-corrected chi connectivity index (χ0v) is 15.8. The van der Waals surface area contributed by atoms with Crippen LogP contribution in [-0.2, 0) is 0 Å². The number of rotatable bonds is 6. The number of H-pyrrole nitrogens is 1. The number of fused-ring (bicyclic) bond motifs is 1. The SMILES string of the molecule is CC[C@@H](C)[C@H](NC(=O)c1ccc(-n2ccnn2)cc1)c1nc2ccccc2[nH]1. The van der Waals surface area contributed by atoms with Crippen molar-refractivity contribution in [1.82, 2.24) is 30.3 Å². The Morgan fingerprint density at radius 1 is 1.18 bits per heavy atom. The lowest BCUT2D eigenvalue weighted by molar-refractivity contribution is 0.0920. The molecule has 0 aliphatic heterocycles. The van der Waals surface area contributed by atoms with Crippen LogP contribution >= 0.6 is 0 Å². The number of hydrogen-bond donors (Lipinski definition) is 2. The highest BCUT2D eigenvalue weighted by atomic mass is 16.1. The number of para-hydroxylation sites is 2. The van der Waals surface area contributed by atoms with Crippen molar-refractivity contribution in [1.29, 1.82) is 0 Å². The number of benzene rings is 2. The zero-order valence-electron chi connectivity index (χ0n) is 15.8. The maximum atomic E-state index is 12.9. The largest absolute Gasteiger partial charge is 0.342 e. The molecule has 2 atom stereocenters. The molecular weight excluding hydrogens is 352 g/mol. The van der Waals surface area contributed by atoms with E-state index in [9.17, 15) is 4.79 Å². The Morgan fingerprint density at radius 2 is 1.96 bits per heavy atom. The van der Waals surface area contributed by atoms with E-state index in [0.29, 0.717) is 5.56 Å². The minimum Gasteiger partial charge on any atom is -0.342 e. The third-order valence-corrected chi connectivity index (χ3v) is 5.02. The molecule has 7 nitrogen and oxygen atoms in total. The monoisotopic (exact) mass is 374 g/mol. The molecule has 0 aliphatic rings. The highest BCUT2D eigenvalue weighted by molar-refractivity contribution is 5.94. The molecule has 0 saturated carbocycles. The van der Waals surface area contributed by atoms with Gasteiger partial charge in [-0.05, 0) is 42.3 Å². The lowest BCUT2D eigenvalue weighted by Gasteiger charge is -2.22. The van der Waals surface area contributed by atoms with Gasteiger partial charge < -0.3 is 10.3 Å².